The van der Waals surface area contributed by atoms with Crippen molar-refractivity contribution in [2.75, 3.05) is 16.8 Å². The summed E-state index contributed by atoms with van der Waals surface area (Å²) in [4.78, 5) is 40.5. The minimum atomic E-state index is -0.923. The molecule has 28 heavy (non-hydrogen) atoms. The van der Waals surface area contributed by atoms with Gasteiger partial charge in [-0.2, -0.15) is 0 Å². The number of carbonyl (C=O) groups excluding carboxylic acids is 3. The molecule has 1 saturated heterocycles. The molecule has 1 aliphatic heterocycles. The number of anilines is 2. The number of carbonyl (C=O) groups is 3. The lowest BCUT2D eigenvalue weighted by Gasteiger charge is -2.19. The van der Waals surface area contributed by atoms with Crippen LogP contribution in [0.25, 0.3) is 0 Å². The van der Waals surface area contributed by atoms with E-state index in [9.17, 15) is 14.4 Å². The van der Waals surface area contributed by atoms with Crippen LogP contribution < -0.4 is 10.2 Å². The maximum absolute atomic E-state index is 12.9. The van der Waals surface area contributed by atoms with Crippen LogP contribution >= 0.6 is 23.2 Å². The third-order valence-corrected chi connectivity index (χ3v) is 4.74. The van der Waals surface area contributed by atoms with Gasteiger partial charge in [0.05, 0.1) is 12.1 Å². The summed E-state index contributed by atoms with van der Waals surface area (Å²) >= 11 is 11.7. The number of amides is 4. The normalized spacial score (nSPS) is 16.4. The first kappa shape index (κ1) is 19.9. The van der Waals surface area contributed by atoms with Gasteiger partial charge in [0.25, 0.3) is 5.91 Å². The molecule has 6 nitrogen and oxygen atoms in total. The Morgan fingerprint density at radius 1 is 1.04 bits per heavy atom. The Morgan fingerprint density at radius 2 is 1.61 bits per heavy atom. The van der Waals surface area contributed by atoms with Crippen molar-refractivity contribution >= 4 is 52.4 Å². The van der Waals surface area contributed by atoms with Gasteiger partial charge in [-0.15, -0.1) is 6.58 Å². The van der Waals surface area contributed by atoms with Crippen LogP contribution in [-0.4, -0.2) is 35.3 Å². The predicted molar refractivity (Wildman–Crippen MR) is 110 cm³/mol. The highest BCUT2D eigenvalue weighted by atomic mass is 35.5. The molecule has 0 aromatic heterocycles. The molecule has 0 saturated carbocycles. The highest BCUT2D eigenvalue weighted by Crippen LogP contribution is 2.28. The number of nitrogens with zero attached hydrogens (tertiary/aromatic N) is 2. The number of hydrogen-bond donors (Lipinski definition) is 1. The van der Waals surface area contributed by atoms with Crippen molar-refractivity contribution in [1.29, 1.82) is 0 Å². The smallest absolute Gasteiger partial charge is 0.326 e. The van der Waals surface area contributed by atoms with Gasteiger partial charge >= 0.3 is 6.03 Å². The molecule has 0 bridgehead atoms. The summed E-state index contributed by atoms with van der Waals surface area (Å²) in [7, 11) is 0. The lowest BCUT2D eigenvalue weighted by Crippen LogP contribution is -2.38. The first-order valence-corrected chi connectivity index (χ1v) is 9.22. The zero-order valence-corrected chi connectivity index (χ0v) is 16.3. The van der Waals surface area contributed by atoms with Crippen LogP contribution in [-0.2, 0) is 9.59 Å². The number of urea groups is 1. The molecule has 1 fully saturated rings. The molecule has 0 aliphatic carbocycles. The van der Waals surface area contributed by atoms with Gasteiger partial charge in [0, 0.05) is 22.3 Å². The van der Waals surface area contributed by atoms with Crippen molar-refractivity contribution in [3.63, 3.8) is 0 Å². The fraction of sp³-hybridized carbons (Fsp3) is 0.150. The summed E-state index contributed by atoms with van der Waals surface area (Å²) in [6.45, 7) is 3.77. The largest absolute Gasteiger partial charge is 0.332 e. The summed E-state index contributed by atoms with van der Waals surface area (Å²) in [5, 5.41) is 3.74. The van der Waals surface area contributed by atoms with Crippen LogP contribution in [0, 0.1) is 0 Å². The predicted octanol–water partition coefficient (Wildman–Crippen LogP) is 4.35. The molecule has 3 rings (SSSR count). The molecular weight excluding hydrogens is 401 g/mol. The molecule has 1 heterocycles. The van der Waals surface area contributed by atoms with Crippen molar-refractivity contribution < 1.29 is 14.4 Å². The van der Waals surface area contributed by atoms with Gasteiger partial charge < -0.3 is 10.2 Å². The molecule has 4 amide bonds. The topological polar surface area (TPSA) is 69.7 Å². The van der Waals surface area contributed by atoms with Gasteiger partial charge in [0.15, 0.2) is 0 Å². The van der Waals surface area contributed by atoms with Crippen molar-refractivity contribution in [3.8, 4) is 0 Å². The Balaban J connectivity index is 1.79. The Hall–Kier alpha value is -2.83. The molecule has 1 unspecified atom stereocenters. The van der Waals surface area contributed by atoms with Gasteiger partial charge in [-0.05, 0) is 48.5 Å². The lowest BCUT2D eigenvalue weighted by atomic mass is 10.1. The summed E-state index contributed by atoms with van der Waals surface area (Å²) in [5.74, 6) is -0.860. The molecule has 2 aromatic rings. The van der Waals surface area contributed by atoms with Gasteiger partial charge in [-0.3, -0.25) is 9.59 Å². The van der Waals surface area contributed by atoms with E-state index in [1.807, 2.05) is 0 Å². The van der Waals surface area contributed by atoms with E-state index < -0.39 is 18.0 Å². The van der Waals surface area contributed by atoms with Crippen molar-refractivity contribution in [3.05, 3.63) is 71.2 Å². The number of imide groups is 1. The molecule has 1 aliphatic rings. The zero-order chi connectivity index (χ0) is 20.3. The molecule has 144 valence electrons. The molecule has 1 N–H and O–H groups in total. The average molecular weight is 418 g/mol. The van der Waals surface area contributed by atoms with E-state index in [1.165, 1.54) is 11.0 Å². The average Bonchev–Trinajstić information content (AvgIpc) is 2.89. The minimum absolute atomic E-state index is 0.146. The Bertz CT molecular complexity index is 913. The number of halogens is 2. The lowest BCUT2D eigenvalue weighted by molar-refractivity contribution is -0.124. The van der Waals surface area contributed by atoms with E-state index in [1.54, 1.807) is 48.5 Å². The van der Waals surface area contributed by atoms with E-state index in [4.69, 9.17) is 23.2 Å². The van der Waals surface area contributed by atoms with E-state index >= 15 is 0 Å². The number of rotatable bonds is 6. The van der Waals surface area contributed by atoms with Crippen LogP contribution in [0.1, 0.15) is 6.42 Å². The second-order valence-corrected chi connectivity index (χ2v) is 7.02. The monoisotopic (exact) mass is 417 g/mol. The van der Waals surface area contributed by atoms with Crippen molar-refractivity contribution in [2.45, 2.75) is 12.5 Å². The highest BCUT2D eigenvalue weighted by Gasteiger charge is 2.46. The molecular formula is C20H17Cl2N3O3. The Kier molecular flexibility index (Phi) is 6.02. The Morgan fingerprint density at radius 3 is 2.18 bits per heavy atom. The van der Waals surface area contributed by atoms with E-state index in [0.717, 1.165) is 4.90 Å². The maximum Gasteiger partial charge on any atom is 0.332 e. The number of hydrogen-bond acceptors (Lipinski definition) is 3. The molecule has 1 atom stereocenters. The van der Waals surface area contributed by atoms with E-state index in [-0.39, 0.29) is 18.9 Å². The fourth-order valence-corrected chi connectivity index (χ4v) is 3.18. The van der Waals surface area contributed by atoms with E-state index in [2.05, 4.69) is 11.9 Å². The molecule has 8 heteroatoms. The first-order chi connectivity index (χ1) is 13.4. The van der Waals surface area contributed by atoms with Crippen molar-refractivity contribution in [1.82, 2.24) is 4.90 Å². The summed E-state index contributed by atoms with van der Waals surface area (Å²) < 4.78 is 0. The molecule has 0 radical (unpaired) electrons. The Labute approximate surface area is 172 Å². The van der Waals surface area contributed by atoms with Crippen LogP contribution in [0.3, 0.4) is 0 Å². The zero-order valence-electron chi connectivity index (χ0n) is 14.8. The quantitative estimate of drug-likeness (QED) is 0.560. The number of benzene rings is 2. The summed E-state index contributed by atoms with van der Waals surface area (Å²) in [6.07, 6.45) is 1.34. The fourth-order valence-electron chi connectivity index (χ4n) is 2.93. The summed E-state index contributed by atoms with van der Waals surface area (Å²) in [5.41, 5.74) is 0.949. The third kappa shape index (κ3) is 4.18. The second kappa shape index (κ2) is 8.46. The SMILES string of the molecule is C=CCN1C(=O)N(c2ccc(Cl)cc2)C(=O)C1CC(=O)Nc1ccc(Cl)cc1. The van der Waals surface area contributed by atoms with Gasteiger partial charge in [-0.25, -0.2) is 9.69 Å². The maximum atomic E-state index is 12.9. The third-order valence-electron chi connectivity index (χ3n) is 4.24. The standard InChI is InChI=1S/C20H17Cl2N3O3/c1-2-11-24-17(12-18(26)23-15-7-3-13(21)4-8-15)19(27)25(20(24)28)16-9-5-14(22)6-10-16/h2-10,17H,1,11-12H2,(H,23,26). The molecule has 2 aromatic carbocycles. The van der Waals surface area contributed by atoms with Gasteiger partial charge in [-0.1, -0.05) is 29.3 Å². The second-order valence-electron chi connectivity index (χ2n) is 6.15. The summed E-state index contributed by atoms with van der Waals surface area (Å²) in [6, 6.07) is 11.5. The van der Waals surface area contributed by atoms with Crippen LogP contribution in [0.15, 0.2) is 61.2 Å². The van der Waals surface area contributed by atoms with Gasteiger partial charge in [0.2, 0.25) is 5.91 Å². The van der Waals surface area contributed by atoms with Crippen molar-refractivity contribution in [2.24, 2.45) is 0 Å². The van der Waals surface area contributed by atoms with Crippen LogP contribution in [0.5, 0.6) is 0 Å². The van der Waals surface area contributed by atoms with Crippen LogP contribution in [0.4, 0.5) is 16.2 Å². The highest BCUT2D eigenvalue weighted by molar-refractivity contribution is 6.31. The molecule has 0 spiro atoms. The van der Waals surface area contributed by atoms with Crippen LogP contribution in [0.2, 0.25) is 10.0 Å². The first-order valence-electron chi connectivity index (χ1n) is 8.47. The van der Waals surface area contributed by atoms with Gasteiger partial charge in [0.1, 0.15) is 6.04 Å². The number of nitrogens with one attached hydrogen (secondary N) is 1. The van der Waals surface area contributed by atoms with E-state index in [0.29, 0.717) is 21.4 Å². The minimum Gasteiger partial charge on any atom is -0.326 e.